The molecule has 0 atom stereocenters. The summed E-state index contributed by atoms with van der Waals surface area (Å²) in [5.41, 5.74) is 0.535. The van der Waals surface area contributed by atoms with Crippen LogP contribution in [0.25, 0.3) is 10.8 Å². The molecule has 0 aliphatic rings. The highest BCUT2D eigenvalue weighted by Gasteiger charge is 2.16. The largest absolute Gasteiger partial charge is 0.507 e. The standard InChI is InChI=1S/C14H12O3/c1-2-5-9-12(8-15)14(17)11-7-4-3-6-10(11)13(9)16/h2-4,6-8,16-17H,1,5H2. The van der Waals surface area contributed by atoms with Gasteiger partial charge in [-0.1, -0.05) is 30.3 Å². The van der Waals surface area contributed by atoms with Crippen LogP contribution < -0.4 is 0 Å². The van der Waals surface area contributed by atoms with Gasteiger partial charge in [-0.25, -0.2) is 0 Å². The second-order valence-electron chi connectivity index (χ2n) is 3.75. The van der Waals surface area contributed by atoms with Crippen molar-refractivity contribution in [1.29, 1.82) is 0 Å². The van der Waals surface area contributed by atoms with Crippen LogP contribution >= 0.6 is 0 Å². The molecular formula is C14H12O3. The number of rotatable bonds is 3. The average molecular weight is 228 g/mol. The minimum Gasteiger partial charge on any atom is -0.507 e. The Balaban J connectivity index is 2.93. The van der Waals surface area contributed by atoms with E-state index in [1.807, 2.05) is 0 Å². The molecule has 2 rings (SSSR count). The lowest BCUT2D eigenvalue weighted by Crippen LogP contribution is -1.94. The summed E-state index contributed by atoms with van der Waals surface area (Å²) in [7, 11) is 0. The Labute approximate surface area is 98.6 Å². The van der Waals surface area contributed by atoms with Gasteiger partial charge in [0.25, 0.3) is 0 Å². The van der Waals surface area contributed by atoms with Gasteiger partial charge in [-0.05, 0) is 6.42 Å². The zero-order valence-electron chi connectivity index (χ0n) is 9.18. The quantitative estimate of drug-likeness (QED) is 0.482. The minimum absolute atomic E-state index is 0.0281. The van der Waals surface area contributed by atoms with Gasteiger partial charge in [0, 0.05) is 16.3 Å². The molecule has 0 heterocycles. The van der Waals surface area contributed by atoms with Crippen molar-refractivity contribution in [1.82, 2.24) is 0 Å². The van der Waals surface area contributed by atoms with E-state index in [0.29, 0.717) is 29.0 Å². The SMILES string of the molecule is C=CCc1c(C=O)c(O)c2ccccc2c1O. The molecular weight excluding hydrogens is 216 g/mol. The Bertz CT molecular complexity index is 600. The van der Waals surface area contributed by atoms with Crippen molar-refractivity contribution >= 4 is 17.1 Å². The van der Waals surface area contributed by atoms with Gasteiger partial charge in [-0.15, -0.1) is 6.58 Å². The summed E-state index contributed by atoms with van der Waals surface area (Å²) in [6.45, 7) is 3.57. The van der Waals surface area contributed by atoms with Crippen LogP contribution in [0, 0.1) is 0 Å². The molecule has 86 valence electrons. The minimum atomic E-state index is -0.0924. The molecule has 0 saturated heterocycles. The van der Waals surface area contributed by atoms with E-state index in [9.17, 15) is 15.0 Å². The van der Waals surface area contributed by atoms with E-state index >= 15 is 0 Å². The van der Waals surface area contributed by atoms with Crippen molar-refractivity contribution in [3.63, 3.8) is 0 Å². The maximum absolute atomic E-state index is 11.0. The van der Waals surface area contributed by atoms with E-state index in [1.165, 1.54) is 0 Å². The van der Waals surface area contributed by atoms with Crippen LogP contribution in [0.3, 0.4) is 0 Å². The monoisotopic (exact) mass is 228 g/mol. The molecule has 0 unspecified atom stereocenters. The van der Waals surface area contributed by atoms with Gasteiger partial charge in [0.15, 0.2) is 6.29 Å². The summed E-state index contributed by atoms with van der Waals surface area (Å²) >= 11 is 0. The lowest BCUT2D eigenvalue weighted by Gasteiger charge is -2.11. The van der Waals surface area contributed by atoms with E-state index in [1.54, 1.807) is 30.3 Å². The molecule has 0 aromatic heterocycles. The number of phenols is 2. The molecule has 2 N–H and O–H groups in total. The molecule has 0 bridgehead atoms. The Hall–Kier alpha value is -2.29. The van der Waals surface area contributed by atoms with Crippen LogP contribution in [-0.4, -0.2) is 16.5 Å². The van der Waals surface area contributed by atoms with Crippen molar-refractivity contribution in [3.8, 4) is 11.5 Å². The van der Waals surface area contributed by atoms with E-state index in [2.05, 4.69) is 6.58 Å². The van der Waals surface area contributed by atoms with Gasteiger partial charge in [0.05, 0.1) is 5.56 Å². The fourth-order valence-electron chi connectivity index (χ4n) is 1.95. The van der Waals surface area contributed by atoms with Crippen LogP contribution in [0.2, 0.25) is 0 Å². The number of allylic oxidation sites excluding steroid dienone is 1. The molecule has 17 heavy (non-hydrogen) atoms. The summed E-state index contributed by atoms with van der Waals surface area (Å²) < 4.78 is 0. The lowest BCUT2D eigenvalue weighted by molar-refractivity contribution is 0.112. The first kappa shape index (κ1) is 11.2. The molecule has 0 spiro atoms. The van der Waals surface area contributed by atoms with Crippen LogP contribution in [0.15, 0.2) is 36.9 Å². The van der Waals surface area contributed by atoms with Crippen LogP contribution in [0.5, 0.6) is 11.5 Å². The van der Waals surface area contributed by atoms with Crippen molar-refractivity contribution in [3.05, 3.63) is 48.0 Å². The van der Waals surface area contributed by atoms with Gasteiger partial charge in [0.2, 0.25) is 0 Å². The van der Waals surface area contributed by atoms with Gasteiger partial charge < -0.3 is 10.2 Å². The Morgan fingerprint density at radius 1 is 1.12 bits per heavy atom. The second kappa shape index (κ2) is 4.29. The lowest BCUT2D eigenvalue weighted by atomic mass is 9.96. The van der Waals surface area contributed by atoms with Gasteiger partial charge in [-0.2, -0.15) is 0 Å². The Kier molecular flexibility index (Phi) is 2.83. The molecule has 0 fully saturated rings. The van der Waals surface area contributed by atoms with Gasteiger partial charge in [0.1, 0.15) is 11.5 Å². The van der Waals surface area contributed by atoms with Crippen molar-refractivity contribution < 1.29 is 15.0 Å². The number of phenolic OH excluding ortho intramolecular Hbond substituents is 2. The number of fused-ring (bicyclic) bond motifs is 1. The average Bonchev–Trinajstić information content (AvgIpc) is 2.36. The van der Waals surface area contributed by atoms with Crippen molar-refractivity contribution in [2.24, 2.45) is 0 Å². The summed E-state index contributed by atoms with van der Waals surface area (Å²) in [4.78, 5) is 11.0. The Morgan fingerprint density at radius 3 is 2.24 bits per heavy atom. The van der Waals surface area contributed by atoms with Crippen molar-refractivity contribution in [2.45, 2.75) is 6.42 Å². The third-order valence-corrected chi connectivity index (χ3v) is 2.77. The van der Waals surface area contributed by atoms with Gasteiger partial charge >= 0.3 is 0 Å². The fourth-order valence-corrected chi connectivity index (χ4v) is 1.95. The smallest absolute Gasteiger partial charge is 0.154 e. The number of aromatic hydroxyl groups is 2. The number of benzene rings is 2. The summed E-state index contributed by atoms with van der Waals surface area (Å²) in [5, 5.41) is 21.1. The summed E-state index contributed by atoms with van der Waals surface area (Å²) in [5.74, 6) is -0.0642. The fraction of sp³-hybridized carbons (Fsp3) is 0.0714. The summed E-state index contributed by atoms with van der Waals surface area (Å²) in [6.07, 6.45) is 2.47. The Morgan fingerprint density at radius 2 is 1.71 bits per heavy atom. The predicted molar refractivity (Wildman–Crippen MR) is 66.6 cm³/mol. The molecule has 0 radical (unpaired) electrons. The molecule has 0 aliphatic carbocycles. The molecule has 0 aliphatic heterocycles. The topological polar surface area (TPSA) is 57.5 Å². The highest BCUT2D eigenvalue weighted by molar-refractivity contribution is 6.01. The predicted octanol–water partition coefficient (Wildman–Crippen LogP) is 2.79. The number of hydrogen-bond donors (Lipinski definition) is 2. The van der Waals surface area contributed by atoms with E-state index < -0.39 is 0 Å². The first-order valence-electron chi connectivity index (χ1n) is 5.22. The molecule has 3 nitrogen and oxygen atoms in total. The maximum Gasteiger partial charge on any atom is 0.154 e. The van der Waals surface area contributed by atoms with E-state index in [-0.39, 0.29) is 17.1 Å². The van der Waals surface area contributed by atoms with E-state index in [0.717, 1.165) is 0 Å². The zero-order chi connectivity index (χ0) is 12.4. The number of aldehydes is 1. The molecule has 0 saturated carbocycles. The third-order valence-electron chi connectivity index (χ3n) is 2.77. The number of carbonyl (C=O) groups is 1. The normalized spacial score (nSPS) is 10.4. The van der Waals surface area contributed by atoms with E-state index in [4.69, 9.17) is 0 Å². The molecule has 2 aromatic rings. The van der Waals surface area contributed by atoms with Gasteiger partial charge in [-0.3, -0.25) is 4.79 Å². The van der Waals surface area contributed by atoms with Crippen LogP contribution in [-0.2, 0) is 6.42 Å². The number of carbonyl (C=O) groups excluding carboxylic acids is 1. The molecule has 3 heteroatoms. The molecule has 2 aromatic carbocycles. The van der Waals surface area contributed by atoms with Crippen molar-refractivity contribution in [2.75, 3.05) is 0 Å². The zero-order valence-corrected chi connectivity index (χ0v) is 9.18. The maximum atomic E-state index is 11.0. The number of hydrogen-bond acceptors (Lipinski definition) is 3. The first-order valence-corrected chi connectivity index (χ1v) is 5.22. The second-order valence-corrected chi connectivity index (χ2v) is 3.75. The van der Waals surface area contributed by atoms with Crippen LogP contribution in [0.4, 0.5) is 0 Å². The highest BCUT2D eigenvalue weighted by atomic mass is 16.3. The summed E-state index contributed by atoms with van der Waals surface area (Å²) in [6, 6.07) is 6.86. The third kappa shape index (κ3) is 1.65. The highest BCUT2D eigenvalue weighted by Crippen LogP contribution is 2.38. The first-order chi connectivity index (χ1) is 8.20. The molecule has 0 amide bonds. The van der Waals surface area contributed by atoms with Crippen LogP contribution in [0.1, 0.15) is 15.9 Å².